The SMILES string of the molecule is Cl.O[C@H]1CO[C@H]2[C@@H]1NC[C@@H]2Br. The molecule has 0 saturated carbocycles. The van der Waals surface area contributed by atoms with E-state index < -0.39 is 0 Å². The van der Waals surface area contributed by atoms with Crippen LogP contribution in [0.3, 0.4) is 0 Å². The summed E-state index contributed by atoms with van der Waals surface area (Å²) in [5, 5.41) is 12.5. The summed E-state index contributed by atoms with van der Waals surface area (Å²) in [6.07, 6.45) is -0.137. The Hall–Kier alpha value is 0.650. The lowest BCUT2D eigenvalue weighted by molar-refractivity contribution is 0.0905. The molecule has 2 N–H and O–H groups in total. The van der Waals surface area contributed by atoms with Gasteiger partial charge in [-0.2, -0.15) is 0 Å². The maximum Gasteiger partial charge on any atom is 0.0952 e. The highest BCUT2D eigenvalue weighted by Crippen LogP contribution is 2.26. The van der Waals surface area contributed by atoms with Gasteiger partial charge in [0.25, 0.3) is 0 Å². The number of rotatable bonds is 0. The molecule has 0 radical (unpaired) electrons. The van der Waals surface area contributed by atoms with Crippen LogP contribution in [0.15, 0.2) is 0 Å². The summed E-state index contributed by atoms with van der Waals surface area (Å²) in [4.78, 5) is 0.370. The summed E-state index contributed by atoms with van der Waals surface area (Å²) in [5.74, 6) is 0. The van der Waals surface area contributed by atoms with E-state index in [1.165, 1.54) is 0 Å². The van der Waals surface area contributed by atoms with Crippen LogP contribution in [-0.2, 0) is 4.74 Å². The fraction of sp³-hybridized carbons (Fsp3) is 1.00. The Morgan fingerprint density at radius 3 is 2.91 bits per heavy atom. The molecule has 2 aliphatic rings. The molecule has 2 fully saturated rings. The fourth-order valence-electron chi connectivity index (χ4n) is 1.58. The molecule has 2 rings (SSSR count). The molecule has 5 heteroatoms. The van der Waals surface area contributed by atoms with Crippen LogP contribution >= 0.6 is 28.3 Å². The van der Waals surface area contributed by atoms with Crippen molar-refractivity contribution in [3.63, 3.8) is 0 Å². The van der Waals surface area contributed by atoms with E-state index >= 15 is 0 Å². The molecule has 0 aromatic rings. The van der Waals surface area contributed by atoms with Crippen molar-refractivity contribution in [3.8, 4) is 0 Å². The maximum absolute atomic E-state index is 9.31. The number of halogens is 2. The molecule has 0 aliphatic carbocycles. The number of hydrogen-bond donors (Lipinski definition) is 2. The summed E-state index contributed by atoms with van der Waals surface area (Å²) < 4.78 is 5.34. The van der Waals surface area contributed by atoms with Crippen molar-refractivity contribution < 1.29 is 9.84 Å². The van der Waals surface area contributed by atoms with E-state index in [1.54, 1.807) is 0 Å². The van der Waals surface area contributed by atoms with Gasteiger partial charge in [-0.05, 0) is 0 Å². The smallest absolute Gasteiger partial charge is 0.0952 e. The van der Waals surface area contributed by atoms with Crippen LogP contribution in [0.2, 0.25) is 0 Å². The molecule has 4 atom stereocenters. The molecule has 2 aliphatic heterocycles. The first-order valence-corrected chi connectivity index (χ1v) is 4.38. The van der Waals surface area contributed by atoms with E-state index in [-0.39, 0.29) is 30.7 Å². The predicted octanol–water partition coefficient (Wildman–Crippen LogP) is -0.0968. The Morgan fingerprint density at radius 2 is 2.27 bits per heavy atom. The largest absolute Gasteiger partial charge is 0.389 e. The minimum Gasteiger partial charge on any atom is -0.389 e. The zero-order valence-electron chi connectivity index (χ0n) is 5.87. The second-order valence-corrected chi connectivity index (χ2v) is 3.99. The monoisotopic (exact) mass is 243 g/mol. The summed E-state index contributed by atoms with van der Waals surface area (Å²) >= 11 is 3.47. The van der Waals surface area contributed by atoms with E-state index in [4.69, 9.17) is 4.74 Å². The number of ether oxygens (including phenoxy) is 1. The number of aliphatic hydroxyl groups is 1. The molecule has 2 heterocycles. The molecular weight excluding hydrogens is 233 g/mol. The summed E-state index contributed by atoms with van der Waals surface area (Å²) in [6.45, 7) is 1.37. The average molecular weight is 245 g/mol. The van der Waals surface area contributed by atoms with Crippen LogP contribution < -0.4 is 5.32 Å². The van der Waals surface area contributed by atoms with Crippen LogP contribution in [-0.4, -0.2) is 41.3 Å². The van der Waals surface area contributed by atoms with Crippen molar-refractivity contribution >= 4 is 28.3 Å². The predicted molar refractivity (Wildman–Crippen MR) is 47.5 cm³/mol. The Labute approximate surface area is 80.0 Å². The van der Waals surface area contributed by atoms with Gasteiger partial charge in [-0.3, -0.25) is 0 Å². The van der Waals surface area contributed by atoms with Gasteiger partial charge >= 0.3 is 0 Å². The van der Waals surface area contributed by atoms with Crippen LogP contribution in [0.5, 0.6) is 0 Å². The van der Waals surface area contributed by atoms with E-state index in [0.29, 0.717) is 11.4 Å². The second-order valence-electron chi connectivity index (χ2n) is 2.82. The third-order valence-electron chi connectivity index (χ3n) is 2.13. The molecule has 11 heavy (non-hydrogen) atoms. The molecule has 0 spiro atoms. The Balaban J connectivity index is 0.000000605. The normalized spacial score (nSPS) is 48.5. The fourth-order valence-corrected chi connectivity index (χ4v) is 2.25. The molecule has 0 aromatic heterocycles. The van der Waals surface area contributed by atoms with Gasteiger partial charge in [-0.15, -0.1) is 12.4 Å². The first-order valence-electron chi connectivity index (χ1n) is 3.46. The third kappa shape index (κ3) is 1.55. The number of nitrogens with one attached hydrogen (secondary N) is 1. The highest BCUT2D eigenvalue weighted by molar-refractivity contribution is 9.09. The Kier molecular flexibility index (Phi) is 3.17. The van der Waals surface area contributed by atoms with Gasteiger partial charge in [-0.25, -0.2) is 0 Å². The van der Waals surface area contributed by atoms with Crippen LogP contribution in [0.25, 0.3) is 0 Å². The molecule has 0 bridgehead atoms. The van der Waals surface area contributed by atoms with Gasteiger partial charge in [0.15, 0.2) is 0 Å². The summed E-state index contributed by atoms with van der Waals surface area (Å²) in [5.41, 5.74) is 0. The molecule has 0 amide bonds. The van der Waals surface area contributed by atoms with Gasteiger partial charge < -0.3 is 15.2 Å². The molecule has 0 unspecified atom stereocenters. The lowest BCUT2D eigenvalue weighted by Gasteiger charge is -2.10. The van der Waals surface area contributed by atoms with Gasteiger partial charge in [-0.1, -0.05) is 15.9 Å². The molecule has 0 aromatic carbocycles. The molecule has 66 valence electrons. The van der Waals surface area contributed by atoms with Crippen molar-refractivity contribution in [2.24, 2.45) is 0 Å². The standard InChI is InChI=1S/C6H10BrNO2.ClH/c7-3-1-8-5-4(9)2-10-6(3)5;/h3-6,8-9H,1-2H2;1H/t3-,4-,5+,6+;/m0./s1. The number of alkyl halides is 1. The van der Waals surface area contributed by atoms with Crippen molar-refractivity contribution in [2.45, 2.75) is 23.1 Å². The second kappa shape index (κ2) is 3.58. The van der Waals surface area contributed by atoms with E-state index in [1.807, 2.05) is 0 Å². The van der Waals surface area contributed by atoms with Gasteiger partial charge in [0, 0.05) is 6.54 Å². The number of hydrogen-bond acceptors (Lipinski definition) is 3. The van der Waals surface area contributed by atoms with Crippen LogP contribution in [0.4, 0.5) is 0 Å². The molecule has 2 saturated heterocycles. The van der Waals surface area contributed by atoms with E-state index in [2.05, 4.69) is 21.2 Å². The zero-order valence-corrected chi connectivity index (χ0v) is 8.27. The van der Waals surface area contributed by atoms with Crippen molar-refractivity contribution in [3.05, 3.63) is 0 Å². The minimum absolute atomic E-state index is 0. The topological polar surface area (TPSA) is 41.5 Å². The third-order valence-corrected chi connectivity index (χ3v) is 2.98. The highest BCUT2D eigenvalue weighted by Gasteiger charge is 2.44. The average Bonchev–Trinajstić information content (AvgIpc) is 2.41. The van der Waals surface area contributed by atoms with Gasteiger partial charge in [0.1, 0.15) is 0 Å². The quantitative estimate of drug-likeness (QED) is 0.585. The first kappa shape index (κ1) is 9.74. The van der Waals surface area contributed by atoms with Gasteiger partial charge in [0.2, 0.25) is 0 Å². The van der Waals surface area contributed by atoms with Gasteiger partial charge in [0.05, 0.1) is 29.7 Å². The lowest BCUT2D eigenvalue weighted by Crippen LogP contribution is -2.36. The summed E-state index contributed by atoms with van der Waals surface area (Å²) in [6, 6.07) is 0.157. The van der Waals surface area contributed by atoms with Crippen molar-refractivity contribution in [1.82, 2.24) is 5.32 Å². The van der Waals surface area contributed by atoms with E-state index in [9.17, 15) is 5.11 Å². The molecule has 3 nitrogen and oxygen atoms in total. The van der Waals surface area contributed by atoms with Crippen molar-refractivity contribution in [2.75, 3.05) is 13.2 Å². The minimum atomic E-state index is -0.312. The lowest BCUT2D eigenvalue weighted by atomic mass is 10.1. The van der Waals surface area contributed by atoms with Crippen molar-refractivity contribution in [1.29, 1.82) is 0 Å². The first-order chi connectivity index (χ1) is 4.79. The van der Waals surface area contributed by atoms with Crippen LogP contribution in [0.1, 0.15) is 0 Å². The Morgan fingerprint density at radius 1 is 1.55 bits per heavy atom. The van der Waals surface area contributed by atoms with E-state index in [0.717, 1.165) is 6.54 Å². The number of fused-ring (bicyclic) bond motifs is 1. The maximum atomic E-state index is 9.31. The summed E-state index contributed by atoms with van der Waals surface area (Å²) in [7, 11) is 0. The Bertz CT molecular complexity index is 133. The molecular formula is C6H11BrClNO2. The van der Waals surface area contributed by atoms with Crippen LogP contribution in [0, 0.1) is 0 Å². The zero-order chi connectivity index (χ0) is 7.14. The highest BCUT2D eigenvalue weighted by atomic mass is 79.9. The number of aliphatic hydroxyl groups excluding tert-OH is 1.